The molecule has 0 amide bonds. The molecule has 0 aliphatic rings. The number of rotatable bonds is 14. The number of nitrogens with zero attached hydrogens (tertiary/aromatic N) is 2. The van der Waals surface area contributed by atoms with Gasteiger partial charge in [-0.25, -0.2) is 8.42 Å². The van der Waals surface area contributed by atoms with Crippen LogP contribution in [0.1, 0.15) is 25.8 Å². The summed E-state index contributed by atoms with van der Waals surface area (Å²) < 4.78 is 28.2. The molecule has 0 unspecified atom stereocenters. The lowest BCUT2D eigenvalue weighted by molar-refractivity contribution is 0.298. The van der Waals surface area contributed by atoms with Gasteiger partial charge in [0.1, 0.15) is 0 Å². The quantitative estimate of drug-likeness (QED) is 0.350. The zero-order valence-electron chi connectivity index (χ0n) is 20.0. The van der Waals surface area contributed by atoms with Crippen molar-refractivity contribution in [1.82, 2.24) is 9.62 Å². The Hall–Kier alpha value is -1.65. The van der Waals surface area contributed by atoms with E-state index in [1.165, 1.54) is 4.31 Å². The molecular weight excluding hydrogens is 456 g/mol. The van der Waals surface area contributed by atoms with Gasteiger partial charge in [-0.3, -0.25) is 4.79 Å². The van der Waals surface area contributed by atoms with Crippen molar-refractivity contribution in [2.45, 2.75) is 38.1 Å². The molecule has 7 nitrogen and oxygen atoms in total. The average molecular weight is 494 g/mol. The number of nitrogens with one attached hydrogen (secondary N) is 1. The number of hydrogen-bond donors (Lipinski definition) is 3. The Balaban J connectivity index is 2.34. The molecule has 0 saturated heterocycles. The predicted octanol–water partition coefficient (Wildman–Crippen LogP) is 2.41. The van der Waals surface area contributed by atoms with Crippen molar-refractivity contribution < 1.29 is 13.2 Å². The second kappa shape index (κ2) is 12.7. The van der Waals surface area contributed by atoms with Crippen LogP contribution in [0.25, 0.3) is 10.8 Å². The molecule has 2 aromatic rings. The van der Waals surface area contributed by atoms with E-state index >= 15 is 0 Å². The molecule has 2 rings (SSSR count). The standard InChI is InChI=1S/C24H37N4O3S2/c1-5-18(2)23(26-14-20(25)16-32)15-28(12-13-29)33(30,31)17-19-8-6-10-22-21(19)9-7-11-24(22)27(3)4/h6-11,18,20,23,26,32H,5,12,14-17,25H2,1-4H3/t18-,20+,23+/m0/s1. The van der Waals surface area contributed by atoms with Gasteiger partial charge in [-0.1, -0.05) is 50.6 Å². The fourth-order valence-electron chi connectivity index (χ4n) is 3.83. The summed E-state index contributed by atoms with van der Waals surface area (Å²) in [4.78, 5) is 13.3. The van der Waals surface area contributed by atoms with Gasteiger partial charge in [0.15, 0.2) is 0 Å². The minimum Gasteiger partial charge on any atom is -0.377 e. The van der Waals surface area contributed by atoms with E-state index in [1.54, 1.807) is 6.29 Å². The van der Waals surface area contributed by atoms with Crippen molar-refractivity contribution in [3.63, 3.8) is 0 Å². The minimum absolute atomic E-state index is 0.135. The predicted molar refractivity (Wildman–Crippen MR) is 141 cm³/mol. The second-order valence-corrected chi connectivity index (χ2v) is 11.1. The van der Waals surface area contributed by atoms with Crippen LogP contribution in [0.15, 0.2) is 36.4 Å². The van der Waals surface area contributed by atoms with Crippen LogP contribution < -0.4 is 16.0 Å². The molecule has 0 aliphatic heterocycles. The van der Waals surface area contributed by atoms with Crippen LogP contribution >= 0.6 is 12.6 Å². The summed E-state index contributed by atoms with van der Waals surface area (Å²) in [5, 5.41) is 5.26. The highest BCUT2D eigenvalue weighted by atomic mass is 32.2. The van der Waals surface area contributed by atoms with Crippen LogP contribution in [-0.4, -0.2) is 70.6 Å². The van der Waals surface area contributed by atoms with Gasteiger partial charge in [-0.15, -0.1) is 0 Å². The first-order chi connectivity index (χ1) is 15.6. The van der Waals surface area contributed by atoms with Gasteiger partial charge in [0.2, 0.25) is 16.3 Å². The number of carbonyl (C=O) groups excluding carboxylic acids is 1. The van der Waals surface area contributed by atoms with Crippen molar-refractivity contribution in [2.75, 3.05) is 44.4 Å². The van der Waals surface area contributed by atoms with E-state index in [4.69, 9.17) is 5.73 Å². The van der Waals surface area contributed by atoms with E-state index in [9.17, 15) is 13.2 Å². The van der Waals surface area contributed by atoms with E-state index < -0.39 is 10.0 Å². The zero-order chi connectivity index (χ0) is 24.6. The van der Waals surface area contributed by atoms with Gasteiger partial charge in [-0.05, 0) is 22.9 Å². The molecule has 183 valence electrons. The fourth-order valence-corrected chi connectivity index (χ4v) is 5.42. The van der Waals surface area contributed by atoms with Gasteiger partial charge in [0.25, 0.3) is 0 Å². The molecule has 0 aliphatic carbocycles. The third-order valence-electron chi connectivity index (χ3n) is 6.05. The summed E-state index contributed by atoms with van der Waals surface area (Å²) in [6, 6.07) is 11.3. The van der Waals surface area contributed by atoms with Crippen molar-refractivity contribution in [2.24, 2.45) is 11.7 Å². The minimum atomic E-state index is -3.77. The van der Waals surface area contributed by atoms with Crippen LogP contribution in [0.2, 0.25) is 0 Å². The number of anilines is 1. The number of thiol groups is 1. The maximum Gasteiger partial charge on any atom is 0.218 e. The molecule has 0 saturated carbocycles. The van der Waals surface area contributed by atoms with Gasteiger partial charge < -0.3 is 16.0 Å². The normalized spacial score (nSPS) is 14.9. The van der Waals surface area contributed by atoms with Crippen LogP contribution in [0, 0.1) is 5.92 Å². The lowest BCUT2D eigenvalue weighted by Crippen LogP contribution is -2.50. The molecule has 0 fully saturated rings. The van der Waals surface area contributed by atoms with Crippen LogP contribution in [0.3, 0.4) is 0 Å². The average Bonchev–Trinajstić information content (AvgIpc) is 2.79. The summed E-state index contributed by atoms with van der Waals surface area (Å²) in [6.45, 7) is 4.52. The molecule has 0 spiro atoms. The number of sulfonamides is 1. The monoisotopic (exact) mass is 493 g/mol. The van der Waals surface area contributed by atoms with Crippen LogP contribution in [-0.2, 0) is 20.6 Å². The Labute approximate surface area is 204 Å². The summed E-state index contributed by atoms with van der Waals surface area (Å²) in [7, 11) is 0.147. The van der Waals surface area contributed by atoms with Gasteiger partial charge >= 0.3 is 0 Å². The third kappa shape index (κ3) is 7.42. The Morgan fingerprint density at radius 3 is 2.42 bits per heavy atom. The summed E-state index contributed by atoms with van der Waals surface area (Å²) in [6.07, 6.45) is 2.65. The molecule has 2 aromatic carbocycles. The van der Waals surface area contributed by atoms with Crippen molar-refractivity contribution >= 4 is 45.4 Å². The number of nitrogens with two attached hydrogens (primary N) is 1. The molecule has 3 atom stereocenters. The Morgan fingerprint density at radius 2 is 1.82 bits per heavy atom. The van der Waals surface area contributed by atoms with E-state index in [0.29, 0.717) is 17.9 Å². The highest BCUT2D eigenvalue weighted by molar-refractivity contribution is 7.88. The summed E-state index contributed by atoms with van der Waals surface area (Å²) >= 11 is 4.22. The van der Waals surface area contributed by atoms with E-state index in [0.717, 1.165) is 22.9 Å². The first kappa shape index (κ1) is 27.6. The highest BCUT2D eigenvalue weighted by Crippen LogP contribution is 2.29. The molecule has 0 aromatic heterocycles. The van der Waals surface area contributed by atoms with Gasteiger partial charge in [0.05, 0.1) is 12.3 Å². The SMILES string of the molecule is CC[C@H](C)[C@@H](CN(C[C]=O)S(=O)(=O)Cc1cccc2c(N(C)C)cccc12)NC[C@@H](N)CS. The van der Waals surface area contributed by atoms with Gasteiger partial charge in [0, 0.05) is 56.1 Å². The van der Waals surface area contributed by atoms with Crippen molar-refractivity contribution in [3.8, 4) is 0 Å². The maximum atomic E-state index is 13.5. The third-order valence-corrected chi connectivity index (χ3v) is 8.26. The Bertz CT molecular complexity index is 1010. The Morgan fingerprint density at radius 1 is 1.15 bits per heavy atom. The number of fused-ring (bicyclic) bond motifs is 1. The van der Waals surface area contributed by atoms with Crippen LogP contribution in [0.5, 0.6) is 0 Å². The molecule has 33 heavy (non-hydrogen) atoms. The maximum absolute atomic E-state index is 13.5. The molecule has 0 bridgehead atoms. The van der Waals surface area contributed by atoms with Gasteiger partial charge in [-0.2, -0.15) is 16.9 Å². The first-order valence-electron chi connectivity index (χ1n) is 11.2. The smallest absolute Gasteiger partial charge is 0.218 e. The molecular formula is C24H37N4O3S2. The molecule has 3 N–H and O–H groups in total. The lowest BCUT2D eigenvalue weighted by atomic mass is 9.99. The zero-order valence-corrected chi connectivity index (χ0v) is 21.7. The van der Waals surface area contributed by atoms with Crippen molar-refractivity contribution in [1.29, 1.82) is 0 Å². The van der Waals surface area contributed by atoms with Crippen molar-refractivity contribution in [3.05, 3.63) is 42.0 Å². The molecule has 0 heterocycles. The molecule has 1 radical (unpaired) electrons. The summed E-state index contributed by atoms with van der Waals surface area (Å²) in [5.74, 6) is 0.536. The topological polar surface area (TPSA) is 95.7 Å². The first-order valence-corrected chi connectivity index (χ1v) is 13.5. The summed E-state index contributed by atoms with van der Waals surface area (Å²) in [5.41, 5.74) is 7.72. The lowest BCUT2D eigenvalue weighted by Gasteiger charge is -2.31. The number of hydrogen-bond acceptors (Lipinski definition) is 7. The highest BCUT2D eigenvalue weighted by Gasteiger charge is 2.28. The van der Waals surface area contributed by atoms with E-state index in [2.05, 4.69) is 31.8 Å². The second-order valence-electron chi connectivity index (χ2n) is 8.72. The van der Waals surface area contributed by atoms with E-state index in [1.807, 2.05) is 55.4 Å². The molecule has 9 heteroatoms. The largest absolute Gasteiger partial charge is 0.377 e. The number of benzene rings is 2. The van der Waals surface area contributed by atoms with E-state index in [-0.39, 0.29) is 36.8 Å². The Kier molecular flexibility index (Phi) is 10.6. The fraction of sp³-hybridized carbons (Fsp3) is 0.542. The van der Waals surface area contributed by atoms with Crippen LogP contribution in [0.4, 0.5) is 5.69 Å².